The number of nitrogens with one attached hydrogen (secondary N) is 1. The maximum absolute atomic E-state index is 12.2. The minimum absolute atomic E-state index is 0.0978. The molecule has 1 unspecified atom stereocenters. The van der Waals surface area contributed by atoms with Crippen LogP contribution < -0.4 is 5.32 Å². The third-order valence-electron chi connectivity index (χ3n) is 3.26. The maximum Gasteiger partial charge on any atom is 0.251 e. The van der Waals surface area contributed by atoms with Gasteiger partial charge in [-0.3, -0.25) is 9.78 Å². The second kappa shape index (κ2) is 6.16. The molecule has 4 nitrogen and oxygen atoms in total. The normalized spacial score (nSPS) is 11.8. The van der Waals surface area contributed by atoms with E-state index in [1.807, 2.05) is 38.1 Å². The molecule has 0 radical (unpaired) electrons. The van der Waals surface area contributed by atoms with E-state index in [4.69, 9.17) is 5.26 Å². The Morgan fingerprint density at radius 1 is 1.40 bits per heavy atom. The van der Waals surface area contributed by atoms with Gasteiger partial charge < -0.3 is 5.32 Å². The lowest BCUT2D eigenvalue weighted by molar-refractivity contribution is 0.0937. The quantitative estimate of drug-likeness (QED) is 0.926. The zero-order chi connectivity index (χ0) is 14.5. The average molecular weight is 267 g/mol. The van der Waals surface area contributed by atoms with Crippen LogP contribution in [0.4, 0.5) is 0 Å². The van der Waals surface area contributed by atoms with E-state index in [-0.39, 0.29) is 11.9 Å². The Balaban J connectivity index is 2.22. The smallest absolute Gasteiger partial charge is 0.251 e. The monoisotopic (exact) mass is 267 g/mol. The van der Waals surface area contributed by atoms with Crippen molar-refractivity contribution in [2.45, 2.75) is 32.7 Å². The highest BCUT2D eigenvalue weighted by Crippen LogP contribution is 2.15. The number of hydrogen-bond donors (Lipinski definition) is 1. The highest BCUT2D eigenvalue weighted by molar-refractivity contribution is 5.98. The van der Waals surface area contributed by atoms with E-state index >= 15 is 0 Å². The molecule has 0 aliphatic heterocycles. The van der Waals surface area contributed by atoms with E-state index in [1.54, 1.807) is 6.07 Å². The lowest BCUT2D eigenvalue weighted by Gasteiger charge is -2.13. The number of aryl methyl sites for hydroxylation is 1. The van der Waals surface area contributed by atoms with Crippen LogP contribution in [0.1, 0.15) is 35.8 Å². The van der Waals surface area contributed by atoms with Crippen LogP contribution in [0.15, 0.2) is 30.3 Å². The molecule has 0 bridgehead atoms. The Labute approximate surface area is 118 Å². The van der Waals surface area contributed by atoms with Gasteiger partial charge in [0.05, 0.1) is 18.0 Å². The molecule has 20 heavy (non-hydrogen) atoms. The number of rotatable bonds is 4. The van der Waals surface area contributed by atoms with Gasteiger partial charge in [-0.2, -0.15) is 5.26 Å². The number of benzene rings is 1. The molecular formula is C16H17N3O. The first kappa shape index (κ1) is 14.0. The lowest BCUT2D eigenvalue weighted by atomic mass is 10.1. The summed E-state index contributed by atoms with van der Waals surface area (Å²) in [4.78, 5) is 16.6. The van der Waals surface area contributed by atoms with Crippen molar-refractivity contribution in [2.75, 3.05) is 0 Å². The molecule has 2 rings (SSSR count). The van der Waals surface area contributed by atoms with E-state index in [0.717, 1.165) is 23.0 Å². The van der Waals surface area contributed by atoms with Crippen molar-refractivity contribution in [1.82, 2.24) is 10.3 Å². The van der Waals surface area contributed by atoms with Gasteiger partial charge in [0, 0.05) is 22.7 Å². The van der Waals surface area contributed by atoms with Crippen molar-refractivity contribution in [2.24, 2.45) is 0 Å². The van der Waals surface area contributed by atoms with Crippen LogP contribution in [0, 0.1) is 18.3 Å². The summed E-state index contributed by atoms with van der Waals surface area (Å²) < 4.78 is 0. The number of pyridine rings is 1. The fraction of sp³-hybridized carbons (Fsp3) is 0.312. The summed E-state index contributed by atoms with van der Waals surface area (Å²) >= 11 is 0. The molecule has 4 heteroatoms. The predicted molar refractivity (Wildman–Crippen MR) is 78.3 cm³/mol. The summed E-state index contributed by atoms with van der Waals surface area (Å²) in [5, 5.41) is 12.5. The molecule has 2 aromatic rings. The summed E-state index contributed by atoms with van der Waals surface area (Å²) in [6, 6.07) is 11.3. The van der Waals surface area contributed by atoms with Crippen molar-refractivity contribution in [3.8, 4) is 6.07 Å². The van der Waals surface area contributed by atoms with Gasteiger partial charge in [-0.05, 0) is 37.6 Å². The highest BCUT2D eigenvalue weighted by Gasteiger charge is 2.12. The van der Waals surface area contributed by atoms with Crippen LogP contribution in [-0.2, 0) is 0 Å². The molecule has 0 aliphatic rings. The molecule has 0 saturated heterocycles. The molecule has 0 spiro atoms. The van der Waals surface area contributed by atoms with Crippen LogP contribution in [0.5, 0.6) is 0 Å². The van der Waals surface area contributed by atoms with Crippen molar-refractivity contribution in [3.05, 3.63) is 41.6 Å². The number of aromatic nitrogens is 1. The number of nitrogens with zero attached hydrogens (tertiary/aromatic N) is 2. The molecule has 1 heterocycles. The molecular weight excluding hydrogens is 250 g/mol. The molecule has 1 aromatic carbocycles. The molecule has 0 aliphatic carbocycles. The highest BCUT2D eigenvalue weighted by atomic mass is 16.1. The van der Waals surface area contributed by atoms with Crippen molar-refractivity contribution >= 4 is 16.8 Å². The number of fused-ring (bicyclic) bond motifs is 1. The minimum atomic E-state index is -0.144. The van der Waals surface area contributed by atoms with Gasteiger partial charge in [-0.15, -0.1) is 0 Å². The number of carbonyl (C=O) groups is 1. The van der Waals surface area contributed by atoms with Gasteiger partial charge in [0.1, 0.15) is 0 Å². The van der Waals surface area contributed by atoms with Gasteiger partial charge in [0.25, 0.3) is 5.91 Å². The van der Waals surface area contributed by atoms with Gasteiger partial charge in [0.2, 0.25) is 0 Å². The first-order chi connectivity index (χ1) is 9.63. The van der Waals surface area contributed by atoms with Crippen LogP contribution in [-0.4, -0.2) is 16.9 Å². The van der Waals surface area contributed by atoms with Crippen molar-refractivity contribution in [1.29, 1.82) is 5.26 Å². The average Bonchev–Trinajstić information content (AvgIpc) is 2.46. The van der Waals surface area contributed by atoms with E-state index in [1.165, 1.54) is 0 Å². The van der Waals surface area contributed by atoms with Gasteiger partial charge in [-0.25, -0.2) is 0 Å². The summed E-state index contributed by atoms with van der Waals surface area (Å²) in [6.45, 7) is 3.89. The molecule has 1 atom stereocenters. The van der Waals surface area contributed by atoms with Gasteiger partial charge in [0.15, 0.2) is 0 Å². The molecule has 1 N–H and O–H groups in total. The van der Waals surface area contributed by atoms with E-state index in [9.17, 15) is 4.79 Å². The van der Waals surface area contributed by atoms with E-state index in [0.29, 0.717) is 12.0 Å². The topological polar surface area (TPSA) is 65.8 Å². The fourth-order valence-corrected chi connectivity index (χ4v) is 2.05. The van der Waals surface area contributed by atoms with Gasteiger partial charge in [-0.1, -0.05) is 13.0 Å². The molecule has 1 amide bonds. The Morgan fingerprint density at radius 3 is 2.90 bits per heavy atom. The molecule has 102 valence electrons. The largest absolute Gasteiger partial charge is 0.348 e. The Kier molecular flexibility index (Phi) is 4.31. The first-order valence-electron chi connectivity index (χ1n) is 6.69. The number of hydrogen-bond acceptors (Lipinski definition) is 3. The van der Waals surface area contributed by atoms with Crippen LogP contribution in [0.2, 0.25) is 0 Å². The van der Waals surface area contributed by atoms with Gasteiger partial charge >= 0.3 is 0 Å². The zero-order valence-corrected chi connectivity index (χ0v) is 11.7. The molecule has 1 aromatic heterocycles. The summed E-state index contributed by atoms with van der Waals surface area (Å²) in [5.41, 5.74) is 2.43. The molecule has 0 saturated carbocycles. The second-order valence-electron chi connectivity index (χ2n) is 4.80. The fourth-order valence-electron chi connectivity index (χ4n) is 2.05. The predicted octanol–water partition coefficient (Wildman–Crippen LogP) is 2.97. The standard InChI is InChI=1S/C16H17N3O/c1-3-14(8-9-17)19-16(20)13-6-7-15-12(10-13)5-4-11(2)18-15/h4-7,10,14H,3,8H2,1-2H3,(H,19,20). The first-order valence-corrected chi connectivity index (χ1v) is 6.69. The third kappa shape index (κ3) is 3.12. The second-order valence-corrected chi connectivity index (χ2v) is 4.80. The Bertz CT molecular complexity index is 673. The lowest BCUT2D eigenvalue weighted by Crippen LogP contribution is -2.34. The minimum Gasteiger partial charge on any atom is -0.348 e. The SMILES string of the molecule is CCC(CC#N)NC(=O)c1ccc2nc(C)ccc2c1. The summed E-state index contributed by atoms with van der Waals surface area (Å²) in [7, 11) is 0. The Hall–Kier alpha value is -2.41. The van der Waals surface area contributed by atoms with Crippen molar-refractivity contribution < 1.29 is 4.79 Å². The third-order valence-corrected chi connectivity index (χ3v) is 3.26. The van der Waals surface area contributed by atoms with Crippen LogP contribution in [0.25, 0.3) is 10.9 Å². The van der Waals surface area contributed by atoms with E-state index in [2.05, 4.69) is 16.4 Å². The van der Waals surface area contributed by atoms with Crippen LogP contribution >= 0.6 is 0 Å². The zero-order valence-electron chi connectivity index (χ0n) is 11.7. The Morgan fingerprint density at radius 2 is 2.20 bits per heavy atom. The number of amides is 1. The van der Waals surface area contributed by atoms with Crippen LogP contribution in [0.3, 0.4) is 0 Å². The number of carbonyl (C=O) groups excluding carboxylic acids is 1. The summed E-state index contributed by atoms with van der Waals surface area (Å²) in [5.74, 6) is -0.144. The van der Waals surface area contributed by atoms with Crippen molar-refractivity contribution in [3.63, 3.8) is 0 Å². The van der Waals surface area contributed by atoms with E-state index < -0.39 is 0 Å². The summed E-state index contributed by atoms with van der Waals surface area (Å²) in [6.07, 6.45) is 1.07. The molecule has 0 fully saturated rings. The maximum atomic E-state index is 12.2. The number of nitriles is 1.